The van der Waals surface area contributed by atoms with Gasteiger partial charge in [0.05, 0.1) is 0 Å². The highest BCUT2D eigenvalue weighted by Gasteiger charge is 2.30. The number of hydrogen-bond acceptors (Lipinski definition) is 5. The highest BCUT2D eigenvalue weighted by atomic mass is 16.2. The zero-order valence-electron chi connectivity index (χ0n) is 13.4. The molecule has 0 fully saturated rings. The molecule has 1 aliphatic rings. The summed E-state index contributed by atoms with van der Waals surface area (Å²) in [5.74, 6) is 0.0193. The number of carbonyl (C=O) groups is 1. The average Bonchev–Trinajstić information content (AvgIpc) is 2.71. The Balaban J connectivity index is 2.00. The first kappa shape index (κ1) is 15.3. The lowest BCUT2D eigenvalue weighted by Crippen LogP contribution is -2.44. The van der Waals surface area contributed by atoms with E-state index in [2.05, 4.69) is 41.0 Å². The molecular formula is C17H21N5O. The van der Waals surface area contributed by atoms with Gasteiger partial charge in [0.2, 0.25) is 0 Å². The summed E-state index contributed by atoms with van der Waals surface area (Å²) in [4.78, 5) is 25.2. The summed E-state index contributed by atoms with van der Waals surface area (Å²) in [6.07, 6.45) is 3.86. The largest absolute Gasteiger partial charge is 0.382 e. The SMILES string of the molecule is CC[C@H]1CN(C)c2ccccc2CN1C(=O)c1nccnc1N. The second-order valence-electron chi connectivity index (χ2n) is 5.79. The highest BCUT2D eigenvalue weighted by molar-refractivity contribution is 5.96. The van der Waals surface area contributed by atoms with E-state index in [1.165, 1.54) is 12.4 Å². The fourth-order valence-corrected chi connectivity index (χ4v) is 3.08. The number of nitrogen functional groups attached to an aromatic ring is 1. The second-order valence-corrected chi connectivity index (χ2v) is 5.79. The van der Waals surface area contributed by atoms with Gasteiger partial charge in [-0.25, -0.2) is 9.97 Å². The van der Waals surface area contributed by atoms with Crippen LogP contribution in [0.2, 0.25) is 0 Å². The van der Waals surface area contributed by atoms with Gasteiger partial charge in [-0.15, -0.1) is 0 Å². The quantitative estimate of drug-likeness (QED) is 0.917. The number of amides is 1. The average molecular weight is 311 g/mol. The lowest BCUT2D eigenvalue weighted by molar-refractivity contribution is 0.0662. The van der Waals surface area contributed by atoms with Gasteiger partial charge in [0, 0.05) is 44.3 Å². The maximum atomic E-state index is 13.0. The van der Waals surface area contributed by atoms with Crippen molar-refractivity contribution in [1.82, 2.24) is 14.9 Å². The summed E-state index contributed by atoms with van der Waals surface area (Å²) in [7, 11) is 2.06. The molecule has 0 spiro atoms. The van der Waals surface area contributed by atoms with Crippen molar-refractivity contribution in [2.75, 3.05) is 24.2 Å². The van der Waals surface area contributed by atoms with Crippen LogP contribution in [-0.4, -0.2) is 40.4 Å². The van der Waals surface area contributed by atoms with Gasteiger partial charge in [-0.2, -0.15) is 0 Å². The van der Waals surface area contributed by atoms with Crippen LogP contribution in [0.5, 0.6) is 0 Å². The predicted octanol–water partition coefficient (Wildman–Crippen LogP) is 1.93. The summed E-state index contributed by atoms with van der Waals surface area (Å²) < 4.78 is 0. The van der Waals surface area contributed by atoms with Crippen molar-refractivity contribution in [3.8, 4) is 0 Å². The third-order valence-electron chi connectivity index (χ3n) is 4.33. The first-order chi connectivity index (χ1) is 11.1. The van der Waals surface area contributed by atoms with Crippen molar-refractivity contribution in [3.05, 3.63) is 47.9 Å². The molecule has 3 rings (SSSR count). The summed E-state index contributed by atoms with van der Waals surface area (Å²) in [6.45, 7) is 3.42. The molecule has 2 aromatic rings. The Labute approximate surface area is 135 Å². The Kier molecular flexibility index (Phi) is 4.14. The first-order valence-electron chi connectivity index (χ1n) is 7.78. The van der Waals surface area contributed by atoms with Crippen molar-refractivity contribution in [1.29, 1.82) is 0 Å². The molecule has 6 nitrogen and oxygen atoms in total. The zero-order valence-corrected chi connectivity index (χ0v) is 13.4. The van der Waals surface area contributed by atoms with Crippen molar-refractivity contribution >= 4 is 17.4 Å². The molecular weight excluding hydrogens is 290 g/mol. The molecule has 1 aliphatic heterocycles. The second kappa shape index (κ2) is 6.24. The van der Waals surface area contributed by atoms with E-state index in [4.69, 9.17) is 5.73 Å². The highest BCUT2D eigenvalue weighted by Crippen LogP contribution is 2.28. The number of rotatable bonds is 2. The summed E-state index contributed by atoms with van der Waals surface area (Å²) in [6, 6.07) is 8.27. The fourth-order valence-electron chi connectivity index (χ4n) is 3.08. The molecule has 6 heteroatoms. The molecule has 2 N–H and O–H groups in total. The molecule has 0 unspecified atom stereocenters. The number of anilines is 2. The summed E-state index contributed by atoms with van der Waals surface area (Å²) >= 11 is 0. The van der Waals surface area contributed by atoms with Crippen LogP contribution < -0.4 is 10.6 Å². The van der Waals surface area contributed by atoms with Crippen LogP contribution in [-0.2, 0) is 6.54 Å². The van der Waals surface area contributed by atoms with Crippen LogP contribution in [0.4, 0.5) is 11.5 Å². The van der Waals surface area contributed by atoms with Gasteiger partial charge in [0.1, 0.15) is 0 Å². The topological polar surface area (TPSA) is 75.3 Å². The number of para-hydroxylation sites is 1. The van der Waals surface area contributed by atoms with E-state index in [1.54, 1.807) is 0 Å². The lowest BCUT2D eigenvalue weighted by Gasteiger charge is -2.30. The molecule has 1 aromatic carbocycles. The van der Waals surface area contributed by atoms with E-state index in [1.807, 2.05) is 17.0 Å². The van der Waals surface area contributed by atoms with Gasteiger partial charge in [0.15, 0.2) is 11.5 Å². The van der Waals surface area contributed by atoms with Crippen LogP contribution in [0.1, 0.15) is 29.4 Å². The number of likely N-dealkylation sites (N-methyl/N-ethyl adjacent to an activating group) is 1. The predicted molar refractivity (Wildman–Crippen MR) is 90.1 cm³/mol. The number of nitrogens with zero attached hydrogens (tertiary/aromatic N) is 4. The standard InChI is InChI=1S/C17H21N5O/c1-3-13-11-21(2)14-7-5-4-6-12(14)10-22(13)17(23)15-16(18)20-9-8-19-15/h4-9,13H,3,10-11H2,1-2H3,(H2,18,20)/t13-/m0/s1. The smallest absolute Gasteiger partial charge is 0.276 e. The summed E-state index contributed by atoms with van der Waals surface area (Å²) in [5, 5.41) is 0. The number of nitrogens with two attached hydrogens (primary N) is 1. The van der Waals surface area contributed by atoms with Crippen LogP contribution >= 0.6 is 0 Å². The van der Waals surface area contributed by atoms with Crippen LogP contribution in [0.25, 0.3) is 0 Å². The molecule has 1 amide bonds. The number of carbonyl (C=O) groups excluding carboxylic acids is 1. The van der Waals surface area contributed by atoms with Gasteiger partial charge in [-0.05, 0) is 18.1 Å². The number of benzene rings is 1. The Hall–Kier alpha value is -2.63. The van der Waals surface area contributed by atoms with Crippen LogP contribution in [0.3, 0.4) is 0 Å². The van der Waals surface area contributed by atoms with Gasteiger partial charge < -0.3 is 15.5 Å². The van der Waals surface area contributed by atoms with Crippen molar-refractivity contribution < 1.29 is 4.79 Å². The number of fused-ring (bicyclic) bond motifs is 1. The van der Waals surface area contributed by atoms with Crippen LogP contribution in [0.15, 0.2) is 36.7 Å². The van der Waals surface area contributed by atoms with Gasteiger partial charge >= 0.3 is 0 Å². The Morgan fingerprint density at radius 2 is 2.04 bits per heavy atom. The van der Waals surface area contributed by atoms with Gasteiger partial charge in [-0.3, -0.25) is 4.79 Å². The lowest BCUT2D eigenvalue weighted by atomic mass is 10.1. The third-order valence-corrected chi connectivity index (χ3v) is 4.33. The van der Waals surface area contributed by atoms with E-state index in [0.29, 0.717) is 6.54 Å². The van der Waals surface area contributed by atoms with E-state index in [0.717, 1.165) is 24.2 Å². The maximum absolute atomic E-state index is 13.0. The maximum Gasteiger partial charge on any atom is 0.276 e. The van der Waals surface area contributed by atoms with Crippen molar-refractivity contribution in [2.24, 2.45) is 0 Å². The monoisotopic (exact) mass is 311 g/mol. The van der Waals surface area contributed by atoms with Gasteiger partial charge in [0.25, 0.3) is 5.91 Å². The molecule has 0 radical (unpaired) electrons. The Morgan fingerprint density at radius 3 is 2.78 bits per heavy atom. The van der Waals surface area contributed by atoms with Crippen LogP contribution in [0, 0.1) is 0 Å². The minimum absolute atomic E-state index is 0.0984. The van der Waals surface area contributed by atoms with E-state index in [9.17, 15) is 4.79 Å². The zero-order chi connectivity index (χ0) is 16.4. The molecule has 0 saturated heterocycles. The van der Waals surface area contributed by atoms with Gasteiger partial charge in [-0.1, -0.05) is 25.1 Å². The molecule has 120 valence electrons. The Bertz CT molecular complexity index is 718. The molecule has 1 atom stereocenters. The molecule has 0 aliphatic carbocycles. The molecule has 0 bridgehead atoms. The van der Waals surface area contributed by atoms with E-state index < -0.39 is 0 Å². The summed E-state index contributed by atoms with van der Waals surface area (Å²) in [5.41, 5.74) is 8.36. The number of hydrogen-bond donors (Lipinski definition) is 1. The third kappa shape index (κ3) is 2.84. The number of aromatic nitrogens is 2. The normalized spacial score (nSPS) is 17.6. The van der Waals surface area contributed by atoms with E-state index >= 15 is 0 Å². The molecule has 1 aromatic heterocycles. The fraction of sp³-hybridized carbons (Fsp3) is 0.353. The van der Waals surface area contributed by atoms with Crippen molar-refractivity contribution in [3.63, 3.8) is 0 Å². The minimum Gasteiger partial charge on any atom is -0.382 e. The van der Waals surface area contributed by atoms with Crippen molar-refractivity contribution in [2.45, 2.75) is 25.9 Å². The van der Waals surface area contributed by atoms with E-state index in [-0.39, 0.29) is 23.5 Å². The first-order valence-corrected chi connectivity index (χ1v) is 7.78. The minimum atomic E-state index is -0.160. The molecule has 0 saturated carbocycles. The molecule has 2 heterocycles. The Morgan fingerprint density at radius 1 is 1.30 bits per heavy atom. The molecule has 23 heavy (non-hydrogen) atoms.